The van der Waals surface area contributed by atoms with Crippen LogP contribution in [-0.2, 0) is 27.1 Å². The first kappa shape index (κ1) is 21.2. The maximum absolute atomic E-state index is 12.4. The number of benzene rings is 1. The van der Waals surface area contributed by atoms with Crippen LogP contribution in [0, 0.1) is 5.92 Å². The maximum Gasteiger partial charge on any atom is 0.317 e. The number of hydrogen-bond donors (Lipinski definition) is 3. The maximum atomic E-state index is 12.4. The number of amides is 2. The first-order valence-electron chi connectivity index (χ1n) is 9.00. The van der Waals surface area contributed by atoms with Gasteiger partial charge in [-0.3, -0.25) is 4.79 Å². The van der Waals surface area contributed by atoms with Crippen molar-refractivity contribution in [3.63, 3.8) is 0 Å². The van der Waals surface area contributed by atoms with Crippen molar-refractivity contribution in [1.29, 1.82) is 0 Å². The lowest BCUT2D eigenvalue weighted by Crippen LogP contribution is -2.46. The molecule has 0 radical (unpaired) electrons. The number of likely N-dealkylation sites (tertiary alicyclic amines) is 1. The first-order chi connectivity index (χ1) is 12.7. The minimum atomic E-state index is -3.47. The van der Waals surface area contributed by atoms with Gasteiger partial charge in [-0.1, -0.05) is 24.3 Å². The highest BCUT2D eigenvalue weighted by atomic mass is 32.2. The summed E-state index contributed by atoms with van der Waals surface area (Å²) in [6, 6.07) is 6.52. The van der Waals surface area contributed by atoms with Crippen LogP contribution >= 0.6 is 0 Å². The van der Waals surface area contributed by atoms with Crippen LogP contribution in [0.3, 0.4) is 0 Å². The van der Waals surface area contributed by atoms with E-state index in [1.807, 2.05) is 0 Å². The Kier molecular flexibility index (Phi) is 7.20. The van der Waals surface area contributed by atoms with E-state index in [0.29, 0.717) is 30.5 Å². The van der Waals surface area contributed by atoms with Crippen molar-refractivity contribution in [1.82, 2.24) is 14.9 Å². The average molecular weight is 397 g/mol. The molecule has 1 aliphatic rings. The Morgan fingerprint density at radius 1 is 1.26 bits per heavy atom. The molecule has 2 amide bonds. The zero-order valence-electron chi connectivity index (χ0n) is 15.6. The number of nitrogens with one attached hydrogen (secondary N) is 2. The van der Waals surface area contributed by atoms with Gasteiger partial charge in [-0.2, -0.15) is 0 Å². The van der Waals surface area contributed by atoms with Crippen LogP contribution in [0.15, 0.2) is 24.3 Å². The largest absolute Gasteiger partial charge is 0.481 e. The van der Waals surface area contributed by atoms with E-state index in [1.54, 1.807) is 38.1 Å². The first-order valence-corrected chi connectivity index (χ1v) is 10.7. The van der Waals surface area contributed by atoms with Gasteiger partial charge in [0.05, 0.1) is 11.7 Å². The number of carboxylic acids is 1. The zero-order valence-corrected chi connectivity index (χ0v) is 16.5. The van der Waals surface area contributed by atoms with Crippen LogP contribution in [0.2, 0.25) is 0 Å². The quantitative estimate of drug-likeness (QED) is 0.645. The fraction of sp³-hybridized carbons (Fsp3) is 0.556. The van der Waals surface area contributed by atoms with Crippen molar-refractivity contribution < 1.29 is 23.1 Å². The number of rotatable bonds is 7. The third-order valence-electron chi connectivity index (χ3n) is 4.37. The smallest absolute Gasteiger partial charge is 0.317 e. The van der Waals surface area contributed by atoms with Gasteiger partial charge in [-0.15, -0.1) is 0 Å². The molecule has 27 heavy (non-hydrogen) atoms. The molecule has 1 aromatic rings. The highest BCUT2D eigenvalue weighted by molar-refractivity contribution is 7.88. The predicted molar refractivity (Wildman–Crippen MR) is 102 cm³/mol. The molecule has 1 aromatic carbocycles. The van der Waals surface area contributed by atoms with Crippen molar-refractivity contribution >= 4 is 22.0 Å². The lowest BCUT2D eigenvalue weighted by molar-refractivity contribution is -0.143. The Hall–Kier alpha value is -2.13. The molecule has 1 unspecified atom stereocenters. The Bertz CT molecular complexity index is 779. The second kappa shape index (κ2) is 9.18. The molecule has 0 aliphatic carbocycles. The van der Waals surface area contributed by atoms with Crippen LogP contribution in [-0.4, -0.2) is 49.6 Å². The number of carbonyl (C=O) groups excluding carboxylic acids is 1. The van der Waals surface area contributed by atoms with E-state index in [9.17, 15) is 18.0 Å². The predicted octanol–water partition coefficient (Wildman–Crippen LogP) is 1.52. The van der Waals surface area contributed by atoms with Crippen molar-refractivity contribution in [2.45, 2.75) is 45.0 Å². The molecule has 0 bridgehead atoms. The summed E-state index contributed by atoms with van der Waals surface area (Å²) in [4.78, 5) is 25.0. The molecule has 1 fully saturated rings. The van der Waals surface area contributed by atoms with Gasteiger partial charge >= 0.3 is 12.0 Å². The van der Waals surface area contributed by atoms with Gasteiger partial charge in [0.1, 0.15) is 0 Å². The van der Waals surface area contributed by atoms with Gasteiger partial charge in [0.15, 0.2) is 0 Å². The number of urea groups is 1. The molecule has 2 rings (SSSR count). The van der Waals surface area contributed by atoms with Crippen LogP contribution in [0.4, 0.5) is 4.79 Å². The van der Waals surface area contributed by atoms with E-state index < -0.39 is 21.9 Å². The topological polar surface area (TPSA) is 116 Å². The van der Waals surface area contributed by atoms with Gasteiger partial charge < -0.3 is 15.3 Å². The molecule has 0 saturated carbocycles. The summed E-state index contributed by atoms with van der Waals surface area (Å²) in [5.74, 6) is -1.59. The fourth-order valence-electron chi connectivity index (χ4n) is 3.12. The Morgan fingerprint density at radius 2 is 1.93 bits per heavy atom. The van der Waals surface area contributed by atoms with E-state index in [-0.39, 0.29) is 30.9 Å². The third kappa shape index (κ3) is 6.51. The minimum absolute atomic E-state index is 0.165. The summed E-state index contributed by atoms with van der Waals surface area (Å²) >= 11 is 0. The number of sulfonamides is 1. The molecule has 3 N–H and O–H groups in total. The summed E-state index contributed by atoms with van der Waals surface area (Å²) in [5.41, 5.74) is 1.33. The lowest BCUT2D eigenvalue weighted by Gasteiger charge is -2.30. The average Bonchev–Trinajstić information content (AvgIpc) is 2.59. The number of carbonyl (C=O) groups is 2. The molecule has 1 heterocycles. The molecule has 8 nitrogen and oxygen atoms in total. The number of piperidine rings is 1. The standard InChI is InChI=1S/C18H27N3O5S/c1-13(2)20-27(25,26)12-16-7-4-3-6-14(16)10-19-18(24)21-9-5-8-15(11-21)17(22)23/h3-4,6-7,13,15,20H,5,8-12H2,1-2H3,(H,19,24)(H,22,23). The Balaban J connectivity index is 2.00. The van der Waals surface area contributed by atoms with E-state index in [4.69, 9.17) is 5.11 Å². The summed E-state index contributed by atoms with van der Waals surface area (Å²) in [6.45, 7) is 4.40. The number of nitrogens with zero attached hydrogens (tertiary/aromatic N) is 1. The summed E-state index contributed by atoms with van der Waals surface area (Å²) in [5, 5.41) is 11.9. The van der Waals surface area contributed by atoms with E-state index in [1.165, 1.54) is 4.90 Å². The van der Waals surface area contributed by atoms with Crippen LogP contribution in [0.1, 0.15) is 37.8 Å². The van der Waals surface area contributed by atoms with Crippen LogP contribution < -0.4 is 10.0 Å². The summed E-state index contributed by atoms with van der Waals surface area (Å²) < 4.78 is 26.9. The van der Waals surface area contributed by atoms with Gasteiger partial charge in [0.2, 0.25) is 10.0 Å². The number of carboxylic acid groups (broad SMARTS) is 1. The van der Waals surface area contributed by atoms with Crippen molar-refractivity contribution in [2.75, 3.05) is 13.1 Å². The molecular formula is C18H27N3O5S. The van der Waals surface area contributed by atoms with Crippen molar-refractivity contribution in [2.24, 2.45) is 5.92 Å². The van der Waals surface area contributed by atoms with Crippen molar-refractivity contribution in [3.8, 4) is 0 Å². The normalized spacial score (nSPS) is 17.7. The third-order valence-corrected chi connectivity index (χ3v) is 5.89. The zero-order chi connectivity index (χ0) is 20.0. The molecule has 9 heteroatoms. The Morgan fingerprint density at radius 3 is 2.56 bits per heavy atom. The van der Waals surface area contributed by atoms with E-state index in [2.05, 4.69) is 10.0 Å². The van der Waals surface area contributed by atoms with E-state index in [0.717, 1.165) is 0 Å². The summed E-state index contributed by atoms with van der Waals surface area (Å²) in [6.07, 6.45) is 1.22. The molecule has 150 valence electrons. The highest BCUT2D eigenvalue weighted by Gasteiger charge is 2.28. The fourth-order valence-corrected chi connectivity index (χ4v) is 4.61. The van der Waals surface area contributed by atoms with Crippen LogP contribution in [0.25, 0.3) is 0 Å². The SMILES string of the molecule is CC(C)NS(=O)(=O)Cc1ccccc1CNC(=O)N1CCCC(C(=O)O)C1. The van der Waals surface area contributed by atoms with Crippen LogP contribution in [0.5, 0.6) is 0 Å². The van der Waals surface area contributed by atoms with Crippen molar-refractivity contribution in [3.05, 3.63) is 35.4 Å². The van der Waals surface area contributed by atoms with E-state index >= 15 is 0 Å². The molecule has 1 saturated heterocycles. The number of hydrogen-bond acceptors (Lipinski definition) is 4. The second-order valence-corrected chi connectivity index (χ2v) is 8.84. The highest BCUT2D eigenvalue weighted by Crippen LogP contribution is 2.17. The molecule has 0 spiro atoms. The minimum Gasteiger partial charge on any atom is -0.481 e. The monoisotopic (exact) mass is 397 g/mol. The second-order valence-electron chi connectivity index (χ2n) is 7.08. The van der Waals surface area contributed by atoms with Gasteiger partial charge in [-0.25, -0.2) is 17.9 Å². The molecule has 1 aliphatic heterocycles. The van der Waals surface area contributed by atoms with Gasteiger partial charge in [0, 0.05) is 25.7 Å². The molecular weight excluding hydrogens is 370 g/mol. The number of aliphatic carboxylic acids is 1. The molecule has 1 atom stereocenters. The lowest BCUT2D eigenvalue weighted by atomic mass is 9.99. The molecule has 0 aromatic heterocycles. The summed E-state index contributed by atoms with van der Waals surface area (Å²) in [7, 11) is -3.47. The van der Waals surface area contributed by atoms with Gasteiger partial charge in [-0.05, 0) is 37.8 Å². The Labute approximate surface area is 160 Å². The van der Waals surface area contributed by atoms with Gasteiger partial charge in [0.25, 0.3) is 0 Å².